The van der Waals surface area contributed by atoms with Gasteiger partial charge in [-0.3, -0.25) is 10.00 Å². The standard InChI is InChI=1S/C12H21N5O/c1-2-10(13-4-1)12-14-11(15-16-12)3-5-17-6-8-18-9-7-17/h10,13H,1-9H2,(H,14,15,16). The summed E-state index contributed by atoms with van der Waals surface area (Å²) in [5.41, 5.74) is 0. The van der Waals surface area contributed by atoms with Crippen molar-refractivity contribution in [3.63, 3.8) is 0 Å². The first-order valence-electron chi connectivity index (χ1n) is 6.86. The Morgan fingerprint density at radius 1 is 1.33 bits per heavy atom. The first-order chi connectivity index (χ1) is 8.92. The summed E-state index contributed by atoms with van der Waals surface area (Å²) in [4.78, 5) is 7.01. The van der Waals surface area contributed by atoms with Crippen LogP contribution < -0.4 is 5.32 Å². The summed E-state index contributed by atoms with van der Waals surface area (Å²) in [6, 6.07) is 0.360. The van der Waals surface area contributed by atoms with Crippen LogP contribution in [0.5, 0.6) is 0 Å². The Kier molecular flexibility index (Phi) is 3.87. The summed E-state index contributed by atoms with van der Waals surface area (Å²) in [6.45, 7) is 5.90. The van der Waals surface area contributed by atoms with Crippen LogP contribution in [0.15, 0.2) is 0 Å². The second-order valence-electron chi connectivity index (χ2n) is 4.99. The van der Waals surface area contributed by atoms with Gasteiger partial charge in [-0.2, -0.15) is 5.10 Å². The van der Waals surface area contributed by atoms with Crippen LogP contribution in [0.25, 0.3) is 0 Å². The Morgan fingerprint density at radius 2 is 2.22 bits per heavy atom. The van der Waals surface area contributed by atoms with Crippen molar-refractivity contribution in [2.75, 3.05) is 39.4 Å². The van der Waals surface area contributed by atoms with Crippen LogP contribution in [-0.2, 0) is 11.2 Å². The van der Waals surface area contributed by atoms with Crippen molar-refractivity contribution >= 4 is 0 Å². The van der Waals surface area contributed by atoms with Gasteiger partial charge in [0.2, 0.25) is 0 Å². The SMILES string of the molecule is C1CNC(c2n[nH]c(CCN3CCOCC3)n2)C1. The number of morpholine rings is 1. The van der Waals surface area contributed by atoms with Gasteiger partial charge >= 0.3 is 0 Å². The number of hydrogen-bond acceptors (Lipinski definition) is 5. The van der Waals surface area contributed by atoms with E-state index < -0.39 is 0 Å². The summed E-state index contributed by atoms with van der Waals surface area (Å²) in [7, 11) is 0. The number of ether oxygens (including phenoxy) is 1. The van der Waals surface area contributed by atoms with Crippen LogP contribution in [0, 0.1) is 0 Å². The van der Waals surface area contributed by atoms with Gasteiger partial charge in [-0.15, -0.1) is 0 Å². The Labute approximate surface area is 107 Å². The second-order valence-corrected chi connectivity index (χ2v) is 4.99. The van der Waals surface area contributed by atoms with Crippen molar-refractivity contribution in [1.29, 1.82) is 0 Å². The number of aromatic nitrogens is 3. The van der Waals surface area contributed by atoms with Crippen LogP contribution in [-0.4, -0.2) is 59.5 Å². The molecule has 1 atom stereocenters. The van der Waals surface area contributed by atoms with Crippen LogP contribution in [0.2, 0.25) is 0 Å². The lowest BCUT2D eigenvalue weighted by Gasteiger charge is -2.25. The molecule has 6 heteroatoms. The quantitative estimate of drug-likeness (QED) is 0.795. The lowest BCUT2D eigenvalue weighted by atomic mass is 10.2. The predicted molar refractivity (Wildman–Crippen MR) is 67.3 cm³/mol. The van der Waals surface area contributed by atoms with Crippen LogP contribution in [0.4, 0.5) is 0 Å². The van der Waals surface area contributed by atoms with E-state index in [-0.39, 0.29) is 0 Å². The third-order valence-electron chi connectivity index (χ3n) is 3.69. The Morgan fingerprint density at radius 3 is 3.00 bits per heavy atom. The molecule has 1 aromatic heterocycles. The monoisotopic (exact) mass is 251 g/mol. The molecule has 100 valence electrons. The number of hydrogen-bond donors (Lipinski definition) is 2. The van der Waals surface area contributed by atoms with Crippen molar-refractivity contribution in [2.24, 2.45) is 0 Å². The molecule has 0 amide bonds. The molecular weight excluding hydrogens is 230 g/mol. The molecule has 2 aliphatic heterocycles. The number of nitrogens with zero attached hydrogens (tertiary/aromatic N) is 3. The normalized spacial score (nSPS) is 25.7. The molecular formula is C12H21N5O. The zero-order chi connectivity index (χ0) is 12.2. The maximum Gasteiger partial charge on any atom is 0.167 e. The van der Waals surface area contributed by atoms with E-state index in [0.717, 1.165) is 63.9 Å². The van der Waals surface area contributed by atoms with E-state index in [2.05, 4.69) is 25.4 Å². The van der Waals surface area contributed by atoms with Gasteiger partial charge in [0.1, 0.15) is 5.82 Å². The van der Waals surface area contributed by atoms with E-state index in [0.29, 0.717) is 6.04 Å². The average Bonchev–Trinajstić information content (AvgIpc) is 3.08. The number of nitrogens with one attached hydrogen (secondary N) is 2. The van der Waals surface area contributed by atoms with Gasteiger partial charge in [0.05, 0.1) is 19.3 Å². The van der Waals surface area contributed by atoms with Gasteiger partial charge in [0.25, 0.3) is 0 Å². The predicted octanol–water partition coefficient (Wildman–Crippen LogP) is 0.104. The molecule has 0 spiro atoms. The maximum absolute atomic E-state index is 5.34. The van der Waals surface area contributed by atoms with Crippen molar-refractivity contribution in [1.82, 2.24) is 25.4 Å². The topological polar surface area (TPSA) is 66.1 Å². The van der Waals surface area contributed by atoms with E-state index in [9.17, 15) is 0 Å². The Balaban J connectivity index is 1.50. The highest BCUT2D eigenvalue weighted by atomic mass is 16.5. The molecule has 2 saturated heterocycles. The van der Waals surface area contributed by atoms with Crippen molar-refractivity contribution in [3.8, 4) is 0 Å². The molecule has 0 aromatic carbocycles. The minimum absolute atomic E-state index is 0.360. The molecule has 0 bridgehead atoms. The molecule has 0 radical (unpaired) electrons. The maximum atomic E-state index is 5.34. The zero-order valence-corrected chi connectivity index (χ0v) is 10.7. The van der Waals surface area contributed by atoms with Crippen LogP contribution >= 0.6 is 0 Å². The van der Waals surface area contributed by atoms with Gasteiger partial charge in [0, 0.05) is 26.1 Å². The highest BCUT2D eigenvalue weighted by Gasteiger charge is 2.20. The summed E-state index contributed by atoms with van der Waals surface area (Å²) < 4.78 is 5.34. The summed E-state index contributed by atoms with van der Waals surface area (Å²) in [6.07, 6.45) is 3.32. The van der Waals surface area contributed by atoms with Crippen molar-refractivity contribution in [3.05, 3.63) is 11.6 Å². The minimum atomic E-state index is 0.360. The van der Waals surface area contributed by atoms with E-state index in [1.54, 1.807) is 0 Å². The van der Waals surface area contributed by atoms with Crippen LogP contribution in [0.1, 0.15) is 30.5 Å². The third-order valence-corrected chi connectivity index (χ3v) is 3.69. The fourth-order valence-corrected chi connectivity index (χ4v) is 2.57. The van der Waals surface area contributed by atoms with E-state index in [1.807, 2.05) is 0 Å². The second kappa shape index (κ2) is 5.77. The smallest absolute Gasteiger partial charge is 0.167 e. The summed E-state index contributed by atoms with van der Waals surface area (Å²) >= 11 is 0. The minimum Gasteiger partial charge on any atom is -0.379 e. The van der Waals surface area contributed by atoms with E-state index in [1.165, 1.54) is 6.42 Å². The highest BCUT2D eigenvalue weighted by molar-refractivity contribution is 4.99. The molecule has 6 nitrogen and oxygen atoms in total. The van der Waals surface area contributed by atoms with Gasteiger partial charge < -0.3 is 10.1 Å². The fourth-order valence-electron chi connectivity index (χ4n) is 2.57. The highest BCUT2D eigenvalue weighted by Crippen LogP contribution is 2.19. The molecule has 0 saturated carbocycles. The molecule has 0 aliphatic carbocycles. The van der Waals surface area contributed by atoms with Crippen molar-refractivity contribution < 1.29 is 4.74 Å². The Hall–Kier alpha value is -0.980. The van der Waals surface area contributed by atoms with Crippen LogP contribution in [0.3, 0.4) is 0 Å². The molecule has 1 aromatic rings. The molecule has 3 rings (SSSR count). The molecule has 1 unspecified atom stereocenters. The lowest BCUT2D eigenvalue weighted by Crippen LogP contribution is -2.37. The largest absolute Gasteiger partial charge is 0.379 e. The van der Waals surface area contributed by atoms with Gasteiger partial charge in [-0.25, -0.2) is 4.98 Å². The molecule has 2 fully saturated rings. The molecule has 2 N–H and O–H groups in total. The van der Waals surface area contributed by atoms with E-state index in [4.69, 9.17) is 4.74 Å². The average molecular weight is 251 g/mol. The molecule has 2 aliphatic rings. The number of aromatic amines is 1. The fraction of sp³-hybridized carbons (Fsp3) is 0.833. The lowest BCUT2D eigenvalue weighted by molar-refractivity contribution is 0.0382. The first-order valence-corrected chi connectivity index (χ1v) is 6.86. The first kappa shape index (κ1) is 12.1. The van der Waals surface area contributed by atoms with Crippen molar-refractivity contribution in [2.45, 2.75) is 25.3 Å². The molecule has 3 heterocycles. The molecule has 18 heavy (non-hydrogen) atoms. The van der Waals surface area contributed by atoms with Gasteiger partial charge in [-0.05, 0) is 19.4 Å². The summed E-state index contributed by atoms with van der Waals surface area (Å²) in [5.74, 6) is 1.94. The Bertz CT molecular complexity index is 368. The van der Waals surface area contributed by atoms with Gasteiger partial charge in [0.15, 0.2) is 5.82 Å². The number of rotatable bonds is 4. The van der Waals surface area contributed by atoms with E-state index >= 15 is 0 Å². The number of H-pyrrole nitrogens is 1. The van der Waals surface area contributed by atoms with Gasteiger partial charge in [-0.1, -0.05) is 0 Å². The summed E-state index contributed by atoms with van der Waals surface area (Å²) in [5, 5.41) is 10.8. The third kappa shape index (κ3) is 2.88. The zero-order valence-electron chi connectivity index (χ0n) is 10.7.